The van der Waals surface area contributed by atoms with Crippen molar-refractivity contribution in [2.24, 2.45) is 11.8 Å². The third-order valence-electron chi connectivity index (χ3n) is 7.31. The molecule has 1 aromatic rings. The van der Waals surface area contributed by atoms with Crippen LogP contribution >= 0.6 is 0 Å². The molecule has 8 nitrogen and oxygen atoms in total. The van der Waals surface area contributed by atoms with E-state index in [1.165, 1.54) is 14.0 Å². The number of hydrogen-bond donors (Lipinski definition) is 3. The van der Waals surface area contributed by atoms with Crippen LogP contribution in [0.25, 0.3) is 0 Å². The molecule has 8 heteroatoms. The zero-order valence-electron chi connectivity index (χ0n) is 22.9. The summed E-state index contributed by atoms with van der Waals surface area (Å²) in [5.41, 5.74) is 0.803. The van der Waals surface area contributed by atoms with Gasteiger partial charge in [-0.1, -0.05) is 62.8 Å². The van der Waals surface area contributed by atoms with Crippen molar-refractivity contribution >= 4 is 5.97 Å². The molecule has 0 amide bonds. The molecular weight excluding hydrogens is 476 g/mol. The SMILES string of the molecule is CO[C@H]1CCCC[C@@H](c2ccccc2)OC(=O)C(C)=C(O)[C@H](OC)[C@@H](O)[C@H](C)C(O)[C@@H](C)/C=C/[C@H]1OC. The highest BCUT2D eigenvalue weighted by Crippen LogP contribution is 2.29. The Labute approximate surface area is 220 Å². The van der Waals surface area contributed by atoms with Crippen LogP contribution in [-0.2, 0) is 23.7 Å². The lowest BCUT2D eigenvalue weighted by atomic mass is 9.85. The van der Waals surface area contributed by atoms with Gasteiger partial charge in [-0.15, -0.1) is 0 Å². The van der Waals surface area contributed by atoms with E-state index in [1.807, 2.05) is 49.4 Å². The number of carbonyl (C=O) groups is 1. The van der Waals surface area contributed by atoms with Gasteiger partial charge in [-0.05, 0) is 31.7 Å². The van der Waals surface area contributed by atoms with Crippen molar-refractivity contribution in [1.29, 1.82) is 0 Å². The van der Waals surface area contributed by atoms with E-state index in [9.17, 15) is 20.1 Å². The highest BCUT2D eigenvalue weighted by atomic mass is 16.5. The first kappa shape index (κ1) is 31.0. The molecule has 1 aliphatic rings. The fraction of sp³-hybridized carbons (Fsp3) is 0.621. The zero-order valence-corrected chi connectivity index (χ0v) is 22.9. The van der Waals surface area contributed by atoms with Crippen LogP contribution in [0.2, 0.25) is 0 Å². The lowest BCUT2D eigenvalue weighted by Gasteiger charge is -2.32. The van der Waals surface area contributed by atoms with Gasteiger partial charge in [-0.3, -0.25) is 0 Å². The quantitative estimate of drug-likeness (QED) is 0.398. The molecule has 0 radical (unpaired) electrons. The molecule has 1 unspecified atom stereocenters. The van der Waals surface area contributed by atoms with Crippen molar-refractivity contribution in [2.45, 2.75) is 83.1 Å². The highest BCUT2D eigenvalue weighted by Gasteiger charge is 2.36. The van der Waals surface area contributed by atoms with Gasteiger partial charge in [-0.2, -0.15) is 0 Å². The number of aliphatic hydroxyl groups excluding tert-OH is 3. The number of cyclic esters (lactones) is 1. The largest absolute Gasteiger partial charge is 0.509 e. The minimum absolute atomic E-state index is 0.0510. The van der Waals surface area contributed by atoms with E-state index in [2.05, 4.69) is 0 Å². The molecule has 1 aromatic carbocycles. The van der Waals surface area contributed by atoms with Crippen molar-refractivity contribution in [1.82, 2.24) is 0 Å². The number of esters is 1. The van der Waals surface area contributed by atoms with Gasteiger partial charge in [-0.25, -0.2) is 4.79 Å². The summed E-state index contributed by atoms with van der Waals surface area (Å²) in [6, 6.07) is 9.47. The summed E-state index contributed by atoms with van der Waals surface area (Å²) in [5, 5.41) is 32.8. The Morgan fingerprint density at radius 3 is 2.14 bits per heavy atom. The average Bonchev–Trinajstić information content (AvgIpc) is 2.92. The molecule has 0 fully saturated rings. The summed E-state index contributed by atoms with van der Waals surface area (Å²) >= 11 is 0. The van der Waals surface area contributed by atoms with Gasteiger partial charge >= 0.3 is 5.97 Å². The Bertz CT molecular complexity index is 883. The van der Waals surface area contributed by atoms with Gasteiger partial charge < -0.3 is 34.3 Å². The molecule has 0 aliphatic carbocycles. The van der Waals surface area contributed by atoms with Crippen molar-refractivity contribution in [3.63, 3.8) is 0 Å². The van der Waals surface area contributed by atoms with Crippen LogP contribution in [-0.4, -0.2) is 73.1 Å². The fourth-order valence-corrected chi connectivity index (χ4v) is 4.71. The van der Waals surface area contributed by atoms with Crippen LogP contribution in [0.4, 0.5) is 0 Å². The van der Waals surface area contributed by atoms with Crippen molar-refractivity contribution in [2.75, 3.05) is 21.3 Å². The minimum Gasteiger partial charge on any atom is -0.509 e. The molecule has 0 spiro atoms. The summed E-state index contributed by atoms with van der Waals surface area (Å²) in [6.07, 6.45) is 2.17. The van der Waals surface area contributed by atoms with Crippen LogP contribution in [0.1, 0.15) is 58.1 Å². The predicted octanol–water partition coefficient (Wildman–Crippen LogP) is 4.27. The average molecular weight is 521 g/mol. The first-order valence-corrected chi connectivity index (χ1v) is 12.9. The van der Waals surface area contributed by atoms with Crippen LogP contribution in [0.5, 0.6) is 0 Å². The Kier molecular flexibility index (Phi) is 12.8. The predicted molar refractivity (Wildman–Crippen MR) is 141 cm³/mol. The second kappa shape index (κ2) is 15.2. The van der Waals surface area contributed by atoms with E-state index in [1.54, 1.807) is 21.1 Å². The number of hydrogen-bond acceptors (Lipinski definition) is 8. The number of rotatable bonds is 4. The van der Waals surface area contributed by atoms with E-state index < -0.39 is 42.1 Å². The third kappa shape index (κ3) is 8.38. The number of methoxy groups -OCH3 is 3. The monoisotopic (exact) mass is 520 g/mol. The number of benzene rings is 1. The van der Waals surface area contributed by atoms with Crippen molar-refractivity contribution in [3.8, 4) is 0 Å². The second-order valence-corrected chi connectivity index (χ2v) is 9.81. The lowest BCUT2D eigenvalue weighted by molar-refractivity contribution is -0.145. The first-order chi connectivity index (χ1) is 17.7. The van der Waals surface area contributed by atoms with Crippen LogP contribution in [0.15, 0.2) is 53.8 Å². The minimum atomic E-state index is -1.28. The molecule has 2 rings (SSSR count). The molecule has 0 saturated heterocycles. The normalized spacial score (nSPS) is 34.3. The number of aliphatic hydroxyl groups is 3. The third-order valence-corrected chi connectivity index (χ3v) is 7.31. The van der Waals surface area contributed by atoms with Gasteiger partial charge in [0.25, 0.3) is 0 Å². The van der Waals surface area contributed by atoms with Gasteiger partial charge in [0.05, 0.1) is 23.9 Å². The number of ether oxygens (including phenoxy) is 4. The molecular formula is C29H44O8. The van der Waals surface area contributed by atoms with Crippen LogP contribution < -0.4 is 0 Å². The highest BCUT2D eigenvalue weighted by molar-refractivity contribution is 5.88. The maximum absolute atomic E-state index is 13.1. The number of carbonyl (C=O) groups excluding carboxylic acids is 1. The first-order valence-electron chi connectivity index (χ1n) is 12.9. The second-order valence-electron chi connectivity index (χ2n) is 9.81. The van der Waals surface area contributed by atoms with Gasteiger partial charge in [0.15, 0.2) is 0 Å². The molecule has 208 valence electrons. The zero-order chi connectivity index (χ0) is 27.5. The van der Waals surface area contributed by atoms with Crippen molar-refractivity contribution < 1.29 is 39.1 Å². The molecule has 3 N–H and O–H groups in total. The summed E-state index contributed by atoms with van der Waals surface area (Å²) in [6.45, 7) is 4.95. The van der Waals surface area contributed by atoms with E-state index >= 15 is 0 Å². The Balaban J connectivity index is 2.44. The Morgan fingerprint density at radius 2 is 1.54 bits per heavy atom. The van der Waals surface area contributed by atoms with E-state index in [-0.39, 0.29) is 23.7 Å². The molecule has 0 aromatic heterocycles. The van der Waals surface area contributed by atoms with Crippen LogP contribution in [0, 0.1) is 11.8 Å². The topological polar surface area (TPSA) is 115 Å². The summed E-state index contributed by atoms with van der Waals surface area (Å²) in [5.74, 6) is -2.14. The molecule has 0 saturated carbocycles. The summed E-state index contributed by atoms with van der Waals surface area (Å²) in [7, 11) is 4.60. The maximum Gasteiger partial charge on any atom is 0.337 e. The van der Waals surface area contributed by atoms with Gasteiger partial charge in [0.2, 0.25) is 0 Å². The van der Waals surface area contributed by atoms with E-state index in [0.717, 1.165) is 24.8 Å². The standard InChI is InChI=1S/C29H44O8/c1-18-16-17-24(35-5)23(34-4)15-11-10-14-22(21-12-8-7-9-13-21)37-29(33)20(3)27(32)28(36-6)26(31)19(2)25(18)30/h7-9,12-13,16-19,22-26,28,30-32H,10-11,14-15H2,1-6H3/b17-16+,27-20?/t18-,19+,22-,23-,24+,25?,26-,28+/m0/s1. The Hall–Kier alpha value is -2.23. The van der Waals surface area contributed by atoms with E-state index in [4.69, 9.17) is 18.9 Å². The Morgan fingerprint density at radius 1 is 0.892 bits per heavy atom. The van der Waals surface area contributed by atoms with E-state index in [0.29, 0.717) is 6.42 Å². The van der Waals surface area contributed by atoms with Gasteiger partial charge in [0, 0.05) is 33.2 Å². The van der Waals surface area contributed by atoms with Gasteiger partial charge in [0.1, 0.15) is 24.1 Å². The summed E-state index contributed by atoms with van der Waals surface area (Å²) in [4.78, 5) is 13.1. The smallest absolute Gasteiger partial charge is 0.337 e. The lowest BCUT2D eigenvalue weighted by Crippen LogP contribution is -2.43. The molecule has 8 atom stereocenters. The van der Waals surface area contributed by atoms with Crippen molar-refractivity contribution in [3.05, 3.63) is 59.4 Å². The molecule has 0 bridgehead atoms. The summed E-state index contributed by atoms with van der Waals surface area (Å²) < 4.78 is 22.6. The fourth-order valence-electron chi connectivity index (χ4n) is 4.71. The molecule has 1 aliphatic heterocycles. The van der Waals surface area contributed by atoms with Crippen LogP contribution in [0.3, 0.4) is 0 Å². The maximum atomic E-state index is 13.1. The molecule has 37 heavy (non-hydrogen) atoms. The molecule has 1 heterocycles.